The Bertz CT molecular complexity index is 227. The number of aromatic nitrogens is 2. The molecule has 0 saturated heterocycles. The van der Waals surface area contributed by atoms with E-state index < -0.39 is 0 Å². The maximum Gasteiger partial charge on any atom is 0.0945 e. The van der Waals surface area contributed by atoms with Crippen molar-refractivity contribution in [2.75, 3.05) is 0 Å². The second kappa shape index (κ2) is 4.29. The molecule has 0 saturated carbocycles. The van der Waals surface area contributed by atoms with Gasteiger partial charge < -0.3 is 4.57 Å². The number of hydrogen-bond donors (Lipinski definition) is 0. The molecule has 1 aromatic rings. The predicted octanol–water partition coefficient (Wildman–Crippen LogP) is 2.71. The third-order valence-corrected chi connectivity index (χ3v) is 2.40. The SMILES string of the molecule is CCCC(CC)c1cncn1C. The van der Waals surface area contributed by atoms with Crippen LogP contribution in [0.15, 0.2) is 12.5 Å². The van der Waals surface area contributed by atoms with Gasteiger partial charge in [-0.15, -0.1) is 0 Å². The molecule has 2 heteroatoms. The molecule has 0 bridgehead atoms. The van der Waals surface area contributed by atoms with Crippen molar-refractivity contribution >= 4 is 0 Å². The van der Waals surface area contributed by atoms with Crippen molar-refractivity contribution in [3.8, 4) is 0 Å². The molecule has 1 heterocycles. The molecule has 0 fully saturated rings. The van der Waals surface area contributed by atoms with E-state index in [-0.39, 0.29) is 0 Å². The largest absolute Gasteiger partial charge is 0.337 e. The number of hydrogen-bond acceptors (Lipinski definition) is 1. The minimum Gasteiger partial charge on any atom is -0.337 e. The van der Waals surface area contributed by atoms with Crippen molar-refractivity contribution in [2.24, 2.45) is 7.05 Å². The van der Waals surface area contributed by atoms with Crippen molar-refractivity contribution < 1.29 is 0 Å². The second-order valence-corrected chi connectivity index (χ2v) is 3.32. The molecule has 2 nitrogen and oxygen atoms in total. The molecule has 0 amide bonds. The van der Waals surface area contributed by atoms with E-state index in [1.165, 1.54) is 25.0 Å². The van der Waals surface area contributed by atoms with Crippen LogP contribution in [0.25, 0.3) is 0 Å². The molecule has 1 rings (SSSR count). The predicted molar refractivity (Wildman–Crippen MR) is 51.1 cm³/mol. The highest BCUT2D eigenvalue weighted by atomic mass is 15.0. The van der Waals surface area contributed by atoms with Gasteiger partial charge in [-0.3, -0.25) is 0 Å². The first kappa shape index (κ1) is 9.30. The lowest BCUT2D eigenvalue weighted by Crippen LogP contribution is -2.02. The van der Waals surface area contributed by atoms with Gasteiger partial charge in [0.2, 0.25) is 0 Å². The minimum atomic E-state index is 0.697. The summed E-state index contributed by atoms with van der Waals surface area (Å²) < 4.78 is 2.13. The first-order chi connectivity index (χ1) is 5.79. The zero-order valence-electron chi connectivity index (χ0n) is 8.25. The van der Waals surface area contributed by atoms with Crippen LogP contribution in [0.2, 0.25) is 0 Å². The average Bonchev–Trinajstić information content (AvgIpc) is 2.47. The highest BCUT2D eigenvalue weighted by Crippen LogP contribution is 2.23. The molecular weight excluding hydrogens is 148 g/mol. The van der Waals surface area contributed by atoms with E-state index >= 15 is 0 Å². The zero-order valence-corrected chi connectivity index (χ0v) is 8.25. The Balaban J connectivity index is 2.72. The summed E-state index contributed by atoms with van der Waals surface area (Å²) >= 11 is 0. The Morgan fingerprint density at radius 2 is 2.25 bits per heavy atom. The first-order valence-electron chi connectivity index (χ1n) is 4.75. The highest BCUT2D eigenvalue weighted by molar-refractivity contribution is 5.05. The van der Waals surface area contributed by atoms with Crippen LogP contribution >= 0.6 is 0 Å². The molecule has 1 unspecified atom stereocenters. The van der Waals surface area contributed by atoms with E-state index in [9.17, 15) is 0 Å². The quantitative estimate of drug-likeness (QED) is 0.672. The number of aryl methyl sites for hydroxylation is 1. The summed E-state index contributed by atoms with van der Waals surface area (Å²) in [6, 6.07) is 0. The van der Waals surface area contributed by atoms with Crippen LogP contribution in [0, 0.1) is 0 Å². The molecule has 0 aromatic carbocycles. The second-order valence-electron chi connectivity index (χ2n) is 3.32. The Kier molecular flexibility index (Phi) is 3.32. The van der Waals surface area contributed by atoms with Gasteiger partial charge in [0.05, 0.1) is 6.33 Å². The van der Waals surface area contributed by atoms with E-state index in [1.54, 1.807) is 0 Å². The van der Waals surface area contributed by atoms with E-state index in [2.05, 4.69) is 30.4 Å². The van der Waals surface area contributed by atoms with Gasteiger partial charge in [0.15, 0.2) is 0 Å². The van der Waals surface area contributed by atoms with Gasteiger partial charge in [-0.05, 0) is 12.8 Å². The molecule has 68 valence electrons. The maximum absolute atomic E-state index is 4.14. The third kappa shape index (κ3) is 1.87. The molecule has 0 spiro atoms. The summed E-state index contributed by atoms with van der Waals surface area (Å²) in [6.45, 7) is 4.48. The summed E-state index contributed by atoms with van der Waals surface area (Å²) in [6.07, 6.45) is 7.62. The number of nitrogens with zero attached hydrogens (tertiary/aromatic N) is 2. The van der Waals surface area contributed by atoms with Gasteiger partial charge in [-0.25, -0.2) is 4.98 Å². The summed E-state index contributed by atoms with van der Waals surface area (Å²) in [5, 5.41) is 0. The monoisotopic (exact) mass is 166 g/mol. The maximum atomic E-state index is 4.14. The van der Waals surface area contributed by atoms with Crippen molar-refractivity contribution in [2.45, 2.75) is 39.0 Å². The molecule has 1 aromatic heterocycles. The molecule has 0 radical (unpaired) electrons. The average molecular weight is 166 g/mol. The van der Waals surface area contributed by atoms with Crippen molar-refractivity contribution in [3.05, 3.63) is 18.2 Å². The zero-order chi connectivity index (χ0) is 8.97. The van der Waals surface area contributed by atoms with Gasteiger partial charge >= 0.3 is 0 Å². The van der Waals surface area contributed by atoms with E-state index in [0.29, 0.717) is 5.92 Å². The van der Waals surface area contributed by atoms with Gasteiger partial charge in [0.1, 0.15) is 0 Å². The van der Waals surface area contributed by atoms with Crippen LogP contribution in [-0.4, -0.2) is 9.55 Å². The van der Waals surface area contributed by atoms with Crippen LogP contribution in [-0.2, 0) is 7.05 Å². The van der Waals surface area contributed by atoms with Crippen molar-refractivity contribution in [1.29, 1.82) is 0 Å². The van der Waals surface area contributed by atoms with Crippen LogP contribution in [0.3, 0.4) is 0 Å². The molecule has 0 N–H and O–H groups in total. The highest BCUT2D eigenvalue weighted by Gasteiger charge is 2.10. The summed E-state index contributed by atoms with van der Waals surface area (Å²) in [7, 11) is 2.07. The van der Waals surface area contributed by atoms with Gasteiger partial charge in [-0.2, -0.15) is 0 Å². The Labute approximate surface area is 74.6 Å². The molecule has 0 aliphatic heterocycles. The van der Waals surface area contributed by atoms with E-state index in [0.717, 1.165) is 0 Å². The fraction of sp³-hybridized carbons (Fsp3) is 0.700. The molecule has 1 atom stereocenters. The molecule has 0 aliphatic carbocycles. The summed E-state index contributed by atoms with van der Waals surface area (Å²) in [5.74, 6) is 0.697. The van der Waals surface area contributed by atoms with Crippen molar-refractivity contribution in [3.63, 3.8) is 0 Å². The van der Waals surface area contributed by atoms with Crippen LogP contribution in [0.5, 0.6) is 0 Å². The van der Waals surface area contributed by atoms with Crippen LogP contribution in [0.1, 0.15) is 44.7 Å². The van der Waals surface area contributed by atoms with Crippen molar-refractivity contribution in [1.82, 2.24) is 9.55 Å². The lowest BCUT2D eigenvalue weighted by molar-refractivity contribution is 0.561. The van der Waals surface area contributed by atoms with E-state index in [4.69, 9.17) is 0 Å². The topological polar surface area (TPSA) is 17.8 Å². The molecule has 12 heavy (non-hydrogen) atoms. The smallest absolute Gasteiger partial charge is 0.0945 e. The lowest BCUT2D eigenvalue weighted by Gasteiger charge is -2.13. The number of rotatable bonds is 4. The third-order valence-electron chi connectivity index (χ3n) is 2.40. The standard InChI is InChI=1S/C10H18N2/c1-4-6-9(5-2)10-7-11-8-12(10)3/h7-9H,4-6H2,1-3H3. The number of imidazole rings is 1. The van der Waals surface area contributed by atoms with Gasteiger partial charge in [0, 0.05) is 24.9 Å². The van der Waals surface area contributed by atoms with Crippen LogP contribution in [0.4, 0.5) is 0 Å². The fourth-order valence-electron chi connectivity index (χ4n) is 1.67. The Morgan fingerprint density at radius 3 is 2.67 bits per heavy atom. The molecule has 0 aliphatic rings. The summed E-state index contributed by atoms with van der Waals surface area (Å²) in [5.41, 5.74) is 1.37. The fourth-order valence-corrected chi connectivity index (χ4v) is 1.67. The van der Waals surface area contributed by atoms with Gasteiger partial charge in [0.25, 0.3) is 0 Å². The van der Waals surface area contributed by atoms with E-state index in [1.807, 2.05) is 12.5 Å². The first-order valence-corrected chi connectivity index (χ1v) is 4.75. The van der Waals surface area contributed by atoms with Gasteiger partial charge in [-0.1, -0.05) is 20.3 Å². The summed E-state index contributed by atoms with van der Waals surface area (Å²) in [4.78, 5) is 4.14. The normalized spacial score (nSPS) is 13.2. The Hall–Kier alpha value is -0.790. The molecular formula is C10H18N2. The van der Waals surface area contributed by atoms with Crippen LogP contribution < -0.4 is 0 Å². The minimum absolute atomic E-state index is 0.697. The lowest BCUT2D eigenvalue weighted by atomic mass is 9.97. The Morgan fingerprint density at radius 1 is 1.50 bits per heavy atom.